The van der Waals surface area contributed by atoms with Crippen molar-refractivity contribution in [2.75, 3.05) is 22.7 Å². The molecule has 0 heterocycles. The zero-order valence-corrected chi connectivity index (χ0v) is 21.4. The zero-order valence-electron chi connectivity index (χ0n) is 19.8. The average Bonchev–Trinajstić information content (AvgIpc) is 2.85. The lowest BCUT2D eigenvalue weighted by atomic mass is 10.1. The van der Waals surface area contributed by atoms with Crippen LogP contribution in [0.1, 0.15) is 13.8 Å². The molecule has 0 aliphatic rings. The van der Waals surface area contributed by atoms with Crippen molar-refractivity contribution in [3.8, 4) is 11.5 Å². The molecule has 4 aromatic rings. The summed E-state index contributed by atoms with van der Waals surface area (Å²) in [5.74, 6) is 0.773. The molecule has 0 aromatic heterocycles. The molecular formula is C26H26N2O6S2. The molecular weight excluding hydrogens is 500 g/mol. The molecule has 10 heteroatoms. The Kier molecular flexibility index (Phi) is 7.37. The fourth-order valence-corrected chi connectivity index (χ4v) is 5.79. The second kappa shape index (κ2) is 10.5. The van der Waals surface area contributed by atoms with E-state index in [1.807, 2.05) is 37.3 Å². The van der Waals surface area contributed by atoms with E-state index in [0.29, 0.717) is 30.4 Å². The Hall–Kier alpha value is -3.76. The lowest BCUT2D eigenvalue weighted by Gasteiger charge is -2.14. The van der Waals surface area contributed by atoms with Gasteiger partial charge in [-0.15, -0.1) is 0 Å². The van der Waals surface area contributed by atoms with Gasteiger partial charge >= 0.3 is 0 Å². The number of anilines is 2. The first kappa shape index (κ1) is 25.3. The molecule has 36 heavy (non-hydrogen) atoms. The summed E-state index contributed by atoms with van der Waals surface area (Å²) in [6.45, 7) is 4.37. The van der Waals surface area contributed by atoms with Crippen LogP contribution in [0.3, 0.4) is 0 Å². The van der Waals surface area contributed by atoms with Crippen LogP contribution in [0.4, 0.5) is 11.4 Å². The third kappa shape index (κ3) is 5.55. The molecule has 188 valence electrons. The van der Waals surface area contributed by atoms with Gasteiger partial charge < -0.3 is 9.47 Å². The van der Waals surface area contributed by atoms with Crippen LogP contribution in [0.25, 0.3) is 10.8 Å². The van der Waals surface area contributed by atoms with Gasteiger partial charge in [0.15, 0.2) is 11.5 Å². The predicted octanol–water partition coefficient (Wildman–Crippen LogP) is 5.24. The van der Waals surface area contributed by atoms with Crippen molar-refractivity contribution in [1.82, 2.24) is 0 Å². The largest absolute Gasteiger partial charge is 0.490 e. The SMILES string of the molecule is CCOc1ccc(S(=O)(=O)Nc2ccc(S(=O)(=O)Nc3cccc4ccccc34)cc2)cc1OCC. The van der Waals surface area contributed by atoms with Crippen molar-refractivity contribution in [3.63, 3.8) is 0 Å². The van der Waals surface area contributed by atoms with Crippen LogP contribution in [-0.2, 0) is 20.0 Å². The molecule has 0 radical (unpaired) electrons. The quantitative estimate of drug-likeness (QED) is 0.292. The smallest absolute Gasteiger partial charge is 0.262 e. The number of nitrogens with one attached hydrogen (secondary N) is 2. The number of hydrogen-bond acceptors (Lipinski definition) is 6. The lowest BCUT2D eigenvalue weighted by Crippen LogP contribution is -2.15. The van der Waals surface area contributed by atoms with Gasteiger partial charge in [0, 0.05) is 17.1 Å². The molecule has 2 N–H and O–H groups in total. The zero-order chi connectivity index (χ0) is 25.8. The summed E-state index contributed by atoms with van der Waals surface area (Å²) in [5.41, 5.74) is 0.671. The Bertz CT molecular complexity index is 1580. The molecule has 0 saturated heterocycles. The van der Waals surface area contributed by atoms with Crippen LogP contribution >= 0.6 is 0 Å². The van der Waals surface area contributed by atoms with Gasteiger partial charge in [0.2, 0.25) is 0 Å². The first-order valence-electron chi connectivity index (χ1n) is 11.3. The monoisotopic (exact) mass is 526 g/mol. The second-order valence-electron chi connectivity index (χ2n) is 7.74. The highest BCUT2D eigenvalue weighted by atomic mass is 32.2. The third-order valence-corrected chi connectivity index (χ3v) is 8.04. The van der Waals surface area contributed by atoms with Gasteiger partial charge in [0.1, 0.15) is 0 Å². The van der Waals surface area contributed by atoms with E-state index in [1.54, 1.807) is 19.1 Å². The highest BCUT2D eigenvalue weighted by molar-refractivity contribution is 7.93. The summed E-state index contributed by atoms with van der Waals surface area (Å²) in [6.07, 6.45) is 0. The number of rotatable bonds is 10. The maximum Gasteiger partial charge on any atom is 0.262 e. The van der Waals surface area contributed by atoms with E-state index >= 15 is 0 Å². The van der Waals surface area contributed by atoms with Gasteiger partial charge in [-0.3, -0.25) is 9.44 Å². The minimum absolute atomic E-state index is 0.00178. The van der Waals surface area contributed by atoms with E-state index in [2.05, 4.69) is 9.44 Å². The average molecular weight is 527 g/mol. The van der Waals surface area contributed by atoms with Crippen LogP contribution < -0.4 is 18.9 Å². The second-order valence-corrected chi connectivity index (χ2v) is 11.1. The molecule has 0 atom stereocenters. The molecule has 0 unspecified atom stereocenters. The maximum absolute atomic E-state index is 13.0. The van der Waals surface area contributed by atoms with Crippen LogP contribution in [-0.4, -0.2) is 30.0 Å². The highest BCUT2D eigenvalue weighted by Gasteiger charge is 2.19. The van der Waals surface area contributed by atoms with Crippen molar-refractivity contribution < 1.29 is 26.3 Å². The van der Waals surface area contributed by atoms with Gasteiger partial charge in [-0.25, -0.2) is 16.8 Å². The Morgan fingerprint density at radius 3 is 1.97 bits per heavy atom. The molecule has 0 saturated carbocycles. The van der Waals surface area contributed by atoms with Gasteiger partial charge in [-0.05, 0) is 61.7 Å². The molecule has 0 bridgehead atoms. The standard InChI is InChI=1S/C26H26N2O6S2/c1-3-33-25-17-16-22(18-26(25)34-4-2)36(31,32)27-20-12-14-21(15-13-20)35(29,30)28-24-11-7-9-19-8-5-6-10-23(19)24/h5-18,27-28H,3-4H2,1-2H3. The van der Waals surface area contributed by atoms with Gasteiger partial charge in [-0.2, -0.15) is 0 Å². The highest BCUT2D eigenvalue weighted by Crippen LogP contribution is 2.31. The van der Waals surface area contributed by atoms with Gasteiger partial charge in [0.25, 0.3) is 20.0 Å². The minimum atomic E-state index is -3.96. The maximum atomic E-state index is 13.0. The Labute approximate surface area is 211 Å². The van der Waals surface area contributed by atoms with Crippen LogP contribution in [0.15, 0.2) is 94.7 Å². The molecule has 4 aromatic carbocycles. The molecule has 4 rings (SSSR count). The number of benzene rings is 4. The van der Waals surface area contributed by atoms with Crippen molar-refractivity contribution in [2.45, 2.75) is 23.6 Å². The molecule has 0 aliphatic heterocycles. The topological polar surface area (TPSA) is 111 Å². The fourth-order valence-electron chi connectivity index (χ4n) is 3.63. The van der Waals surface area contributed by atoms with Crippen molar-refractivity contribution >= 4 is 42.2 Å². The van der Waals surface area contributed by atoms with Crippen LogP contribution in [0.2, 0.25) is 0 Å². The molecule has 0 fully saturated rings. The van der Waals surface area contributed by atoms with Crippen LogP contribution in [0, 0.1) is 0 Å². The molecule has 0 spiro atoms. The van der Waals surface area contributed by atoms with E-state index in [0.717, 1.165) is 10.8 Å². The summed E-state index contributed by atoms with van der Waals surface area (Å²) in [4.78, 5) is -0.0122. The molecule has 0 amide bonds. The summed E-state index contributed by atoms with van der Waals surface area (Å²) in [5, 5.41) is 1.68. The Morgan fingerprint density at radius 2 is 1.25 bits per heavy atom. The third-order valence-electron chi connectivity index (χ3n) is 5.28. The van der Waals surface area contributed by atoms with Gasteiger partial charge in [-0.1, -0.05) is 36.4 Å². The van der Waals surface area contributed by atoms with Crippen molar-refractivity contribution in [1.29, 1.82) is 0 Å². The van der Waals surface area contributed by atoms with Crippen molar-refractivity contribution in [3.05, 3.63) is 84.9 Å². The number of sulfonamides is 2. The molecule has 0 aliphatic carbocycles. The van der Waals surface area contributed by atoms with E-state index in [4.69, 9.17) is 9.47 Å². The number of hydrogen-bond donors (Lipinski definition) is 2. The fraction of sp³-hybridized carbons (Fsp3) is 0.154. The van der Waals surface area contributed by atoms with E-state index in [-0.39, 0.29) is 15.5 Å². The first-order chi connectivity index (χ1) is 17.2. The summed E-state index contributed by atoms with van der Waals surface area (Å²) >= 11 is 0. The summed E-state index contributed by atoms with van der Waals surface area (Å²) in [7, 11) is -7.85. The van der Waals surface area contributed by atoms with Crippen LogP contribution in [0.5, 0.6) is 11.5 Å². The summed E-state index contributed by atoms with van der Waals surface area (Å²) < 4.78 is 67.9. The van der Waals surface area contributed by atoms with E-state index in [9.17, 15) is 16.8 Å². The molecule has 8 nitrogen and oxygen atoms in total. The first-order valence-corrected chi connectivity index (χ1v) is 14.2. The normalized spacial score (nSPS) is 11.7. The van der Waals surface area contributed by atoms with Crippen molar-refractivity contribution in [2.24, 2.45) is 0 Å². The predicted molar refractivity (Wildman–Crippen MR) is 141 cm³/mol. The van der Waals surface area contributed by atoms with E-state index < -0.39 is 20.0 Å². The minimum Gasteiger partial charge on any atom is -0.490 e. The summed E-state index contributed by atoms with van der Waals surface area (Å²) in [6, 6.07) is 22.6. The number of ether oxygens (including phenoxy) is 2. The Balaban J connectivity index is 1.54. The Morgan fingerprint density at radius 1 is 0.639 bits per heavy atom. The lowest BCUT2D eigenvalue weighted by molar-refractivity contribution is 0.287. The van der Waals surface area contributed by atoms with E-state index in [1.165, 1.54) is 42.5 Å². The van der Waals surface area contributed by atoms with Gasteiger partial charge in [0.05, 0.1) is 28.7 Å². The number of fused-ring (bicyclic) bond motifs is 1.